The molecule has 3 nitrogen and oxygen atoms in total. The fraction of sp³-hybridized carbons (Fsp3) is 0.100. The first-order valence-electron chi connectivity index (χ1n) is 3.94. The number of carbonyl (C=O) groups excluding carboxylic acids is 1. The third-order valence-corrected chi connectivity index (χ3v) is 1.96. The molecule has 0 radical (unpaired) electrons. The maximum absolute atomic E-state index is 10.3. The molecule has 0 fully saturated rings. The molecular weight excluding hydrogens is 168 g/mol. The van der Waals surface area contributed by atoms with E-state index in [0.717, 1.165) is 17.2 Å². The van der Waals surface area contributed by atoms with Crippen LogP contribution in [0.1, 0.15) is 5.56 Å². The Morgan fingerprint density at radius 3 is 3.08 bits per heavy atom. The van der Waals surface area contributed by atoms with E-state index in [-0.39, 0.29) is 5.75 Å². The number of furan rings is 1. The van der Waals surface area contributed by atoms with Gasteiger partial charge in [-0.3, -0.25) is 0 Å². The first-order valence-corrected chi connectivity index (χ1v) is 3.94. The van der Waals surface area contributed by atoms with Crippen LogP contribution in [0.2, 0.25) is 0 Å². The summed E-state index contributed by atoms with van der Waals surface area (Å²) in [6, 6.07) is 5.09. The number of hydrogen-bond donors (Lipinski definition) is 1. The van der Waals surface area contributed by atoms with Crippen molar-refractivity contribution < 1.29 is 14.3 Å². The summed E-state index contributed by atoms with van der Waals surface area (Å²) in [5.74, 6) is 0.106. The van der Waals surface area contributed by atoms with Crippen LogP contribution < -0.4 is 0 Å². The number of phenols is 1. The second-order valence-corrected chi connectivity index (χ2v) is 2.79. The highest BCUT2D eigenvalue weighted by Gasteiger charge is 2.07. The lowest BCUT2D eigenvalue weighted by Gasteiger charge is -1.92. The highest BCUT2D eigenvalue weighted by molar-refractivity contribution is 5.87. The summed E-state index contributed by atoms with van der Waals surface area (Å²) in [7, 11) is 0. The number of benzene rings is 1. The fourth-order valence-electron chi connectivity index (χ4n) is 1.34. The number of hydrogen-bond acceptors (Lipinski definition) is 3. The van der Waals surface area contributed by atoms with Crippen molar-refractivity contribution in [1.29, 1.82) is 0 Å². The van der Waals surface area contributed by atoms with Gasteiger partial charge in [-0.25, -0.2) is 0 Å². The summed E-state index contributed by atoms with van der Waals surface area (Å²) in [4.78, 5) is 10.3. The average Bonchev–Trinajstić information content (AvgIpc) is 2.51. The zero-order valence-electron chi connectivity index (χ0n) is 6.86. The minimum atomic E-state index is 0.106. The molecule has 0 aliphatic heterocycles. The minimum absolute atomic E-state index is 0.106. The van der Waals surface area contributed by atoms with Crippen LogP contribution in [0.4, 0.5) is 0 Å². The number of phenolic OH excluding ortho intramolecular Hbond substituents is 1. The number of rotatable bonds is 2. The maximum atomic E-state index is 10.3. The third kappa shape index (κ3) is 1.18. The molecule has 13 heavy (non-hydrogen) atoms. The summed E-state index contributed by atoms with van der Waals surface area (Å²) in [6.07, 6.45) is 2.63. The van der Waals surface area contributed by atoms with Crippen molar-refractivity contribution in [1.82, 2.24) is 0 Å². The Labute approximate surface area is 74.6 Å². The molecule has 66 valence electrons. The molecule has 0 bridgehead atoms. The van der Waals surface area contributed by atoms with Crippen molar-refractivity contribution in [3.63, 3.8) is 0 Å². The van der Waals surface area contributed by atoms with Crippen molar-refractivity contribution in [3.05, 3.63) is 30.0 Å². The second-order valence-electron chi connectivity index (χ2n) is 2.79. The standard InChI is InChI=1S/C10H8O3/c11-5-4-7-6-13-10-8(7)2-1-3-9(10)12/h1-3,5-6,12H,4H2. The number of aldehydes is 1. The van der Waals surface area contributed by atoms with Crippen LogP contribution in [0.15, 0.2) is 28.9 Å². The van der Waals surface area contributed by atoms with Gasteiger partial charge < -0.3 is 14.3 Å². The topological polar surface area (TPSA) is 50.4 Å². The molecule has 1 N–H and O–H groups in total. The summed E-state index contributed by atoms with van der Waals surface area (Å²) in [5.41, 5.74) is 1.25. The average molecular weight is 176 g/mol. The summed E-state index contributed by atoms with van der Waals surface area (Å²) >= 11 is 0. The van der Waals surface area contributed by atoms with Crippen molar-refractivity contribution in [2.24, 2.45) is 0 Å². The maximum Gasteiger partial charge on any atom is 0.175 e. The molecule has 1 aromatic carbocycles. The molecule has 0 aliphatic carbocycles. The smallest absolute Gasteiger partial charge is 0.175 e. The molecule has 1 aromatic heterocycles. The van der Waals surface area contributed by atoms with Gasteiger partial charge in [0.2, 0.25) is 0 Å². The van der Waals surface area contributed by atoms with Crippen LogP contribution in [0.5, 0.6) is 5.75 Å². The van der Waals surface area contributed by atoms with Gasteiger partial charge in [-0.15, -0.1) is 0 Å². The van der Waals surface area contributed by atoms with E-state index in [2.05, 4.69) is 0 Å². The Balaban J connectivity index is 2.67. The highest BCUT2D eigenvalue weighted by Crippen LogP contribution is 2.28. The Kier molecular flexibility index (Phi) is 1.77. The van der Waals surface area contributed by atoms with Gasteiger partial charge in [0.1, 0.15) is 6.29 Å². The van der Waals surface area contributed by atoms with E-state index < -0.39 is 0 Å². The SMILES string of the molecule is O=CCc1coc2c(O)cccc12. The predicted octanol–water partition coefficient (Wildman–Crippen LogP) is 1.88. The molecule has 2 rings (SSSR count). The van der Waals surface area contributed by atoms with E-state index >= 15 is 0 Å². The van der Waals surface area contributed by atoms with Crippen LogP contribution in [0.25, 0.3) is 11.0 Å². The van der Waals surface area contributed by atoms with E-state index in [1.54, 1.807) is 12.1 Å². The normalized spacial score (nSPS) is 10.5. The quantitative estimate of drug-likeness (QED) is 0.710. The van der Waals surface area contributed by atoms with Crippen LogP contribution in [-0.4, -0.2) is 11.4 Å². The zero-order chi connectivity index (χ0) is 9.26. The monoisotopic (exact) mass is 176 g/mol. The molecule has 0 saturated heterocycles. The van der Waals surface area contributed by atoms with Crippen molar-refractivity contribution in [2.75, 3.05) is 0 Å². The van der Waals surface area contributed by atoms with Gasteiger partial charge in [-0.2, -0.15) is 0 Å². The summed E-state index contributed by atoms with van der Waals surface area (Å²) in [6.45, 7) is 0. The second kappa shape index (κ2) is 2.94. The lowest BCUT2D eigenvalue weighted by Crippen LogP contribution is -1.81. The molecule has 0 amide bonds. The van der Waals surface area contributed by atoms with Gasteiger partial charge in [-0.05, 0) is 6.07 Å². The fourth-order valence-corrected chi connectivity index (χ4v) is 1.34. The van der Waals surface area contributed by atoms with E-state index in [4.69, 9.17) is 4.42 Å². The summed E-state index contributed by atoms with van der Waals surface area (Å²) in [5, 5.41) is 10.2. The third-order valence-electron chi connectivity index (χ3n) is 1.96. The molecule has 0 saturated carbocycles. The van der Waals surface area contributed by atoms with Crippen molar-refractivity contribution >= 4 is 17.3 Å². The molecule has 0 atom stereocenters. The predicted molar refractivity (Wildman–Crippen MR) is 47.6 cm³/mol. The Morgan fingerprint density at radius 1 is 1.46 bits per heavy atom. The van der Waals surface area contributed by atoms with E-state index in [1.807, 2.05) is 6.07 Å². The lowest BCUT2D eigenvalue weighted by molar-refractivity contribution is -0.107. The van der Waals surface area contributed by atoms with Gasteiger partial charge in [0.05, 0.1) is 6.26 Å². The summed E-state index contributed by atoms with van der Waals surface area (Å²) < 4.78 is 5.12. The number of aromatic hydroxyl groups is 1. The molecule has 2 aromatic rings. The van der Waals surface area contributed by atoms with Crippen LogP contribution in [-0.2, 0) is 11.2 Å². The zero-order valence-corrected chi connectivity index (χ0v) is 6.86. The first kappa shape index (κ1) is 7.86. The molecule has 1 heterocycles. The molecule has 0 spiro atoms. The molecular formula is C10H8O3. The van der Waals surface area contributed by atoms with E-state index in [0.29, 0.717) is 12.0 Å². The van der Waals surface area contributed by atoms with Crippen LogP contribution in [0, 0.1) is 0 Å². The number of carbonyl (C=O) groups is 1. The Bertz CT molecular complexity index is 442. The molecule has 0 unspecified atom stereocenters. The first-order chi connectivity index (χ1) is 6.33. The van der Waals surface area contributed by atoms with Crippen LogP contribution >= 0.6 is 0 Å². The largest absolute Gasteiger partial charge is 0.504 e. The van der Waals surface area contributed by atoms with Gasteiger partial charge in [-0.1, -0.05) is 12.1 Å². The minimum Gasteiger partial charge on any atom is -0.504 e. The van der Waals surface area contributed by atoms with Gasteiger partial charge >= 0.3 is 0 Å². The number of para-hydroxylation sites is 1. The van der Waals surface area contributed by atoms with Gasteiger partial charge in [0, 0.05) is 17.4 Å². The van der Waals surface area contributed by atoms with Crippen molar-refractivity contribution in [3.8, 4) is 5.75 Å². The molecule has 0 aliphatic rings. The Hall–Kier alpha value is -1.77. The lowest BCUT2D eigenvalue weighted by atomic mass is 10.1. The van der Waals surface area contributed by atoms with Gasteiger partial charge in [0.25, 0.3) is 0 Å². The highest BCUT2D eigenvalue weighted by atomic mass is 16.3. The van der Waals surface area contributed by atoms with E-state index in [9.17, 15) is 9.90 Å². The Morgan fingerprint density at radius 2 is 2.31 bits per heavy atom. The number of fused-ring (bicyclic) bond motifs is 1. The van der Waals surface area contributed by atoms with Crippen molar-refractivity contribution in [2.45, 2.75) is 6.42 Å². The molecule has 3 heteroatoms. The van der Waals surface area contributed by atoms with Crippen LogP contribution in [0.3, 0.4) is 0 Å². The van der Waals surface area contributed by atoms with Gasteiger partial charge in [0.15, 0.2) is 11.3 Å². The van der Waals surface area contributed by atoms with E-state index in [1.165, 1.54) is 6.26 Å².